The number of hydrogen-bond donors (Lipinski definition) is 0. The summed E-state index contributed by atoms with van der Waals surface area (Å²) >= 11 is 0. The van der Waals surface area contributed by atoms with E-state index in [1.165, 1.54) is 11.1 Å². The van der Waals surface area contributed by atoms with E-state index < -0.39 is 0 Å². The van der Waals surface area contributed by atoms with Crippen LogP contribution in [0.15, 0.2) is 54.6 Å². The summed E-state index contributed by atoms with van der Waals surface area (Å²) in [5, 5.41) is 0. The van der Waals surface area contributed by atoms with Gasteiger partial charge in [-0.2, -0.15) is 0 Å². The van der Waals surface area contributed by atoms with Gasteiger partial charge in [-0.1, -0.05) is 48.0 Å². The van der Waals surface area contributed by atoms with Crippen molar-refractivity contribution < 1.29 is 4.79 Å². The molecule has 2 nitrogen and oxygen atoms in total. The lowest BCUT2D eigenvalue weighted by Crippen LogP contribution is -2.31. The molecular weight excluding hydrogens is 246 g/mol. The summed E-state index contributed by atoms with van der Waals surface area (Å²) < 4.78 is 0. The fraction of sp³-hybridized carbons (Fsp3) is 0.278. The Morgan fingerprint density at radius 2 is 1.85 bits per heavy atom. The standard InChI is InChI=1S/C18H19NO/c1-14-6-5-7-15(12-14)13-19(18(20)16-10-11-16)17-8-3-2-4-9-17/h2-9,12,16H,10-11,13H2,1H3. The van der Waals surface area contributed by atoms with Crippen LogP contribution in [0.3, 0.4) is 0 Å². The molecule has 20 heavy (non-hydrogen) atoms. The van der Waals surface area contributed by atoms with Crippen molar-refractivity contribution in [2.45, 2.75) is 26.3 Å². The summed E-state index contributed by atoms with van der Waals surface area (Å²) in [5.74, 6) is 0.498. The van der Waals surface area contributed by atoms with Gasteiger partial charge in [-0.25, -0.2) is 0 Å². The molecule has 0 spiro atoms. The third-order valence-corrected chi connectivity index (χ3v) is 3.68. The normalized spacial score (nSPS) is 14.1. The number of anilines is 1. The Hall–Kier alpha value is -2.09. The molecule has 1 aliphatic rings. The van der Waals surface area contributed by atoms with E-state index in [1.807, 2.05) is 35.2 Å². The minimum absolute atomic E-state index is 0.236. The van der Waals surface area contributed by atoms with E-state index >= 15 is 0 Å². The predicted molar refractivity (Wildman–Crippen MR) is 81.5 cm³/mol. The molecule has 2 aromatic rings. The van der Waals surface area contributed by atoms with Crippen molar-refractivity contribution >= 4 is 11.6 Å². The zero-order chi connectivity index (χ0) is 13.9. The summed E-state index contributed by atoms with van der Waals surface area (Å²) in [7, 11) is 0. The van der Waals surface area contributed by atoms with E-state index in [4.69, 9.17) is 0 Å². The molecule has 1 amide bonds. The fourth-order valence-corrected chi connectivity index (χ4v) is 2.45. The Kier molecular flexibility index (Phi) is 3.55. The predicted octanol–water partition coefficient (Wildman–Crippen LogP) is 3.94. The van der Waals surface area contributed by atoms with Crippen LogP contribution in [0.5, 0.6) is 0 Å². The summed E-state index contributed by atoms with van der Waals surface area (Å²) in [6.07, 6.45) is 2.08. The number of aryl methyl sites for hydroxylation is 1. The number of rotatable bonds is 4. The van der Waals surface area contributed by atoms with Crippen molar-refractivity contribution in [1.29, 1.82) is 0 Å². The first-order chi connectivity index (χ1) is 9.74. The van der Waals surface area contributed by atoms with Crippen LogP contribution < -0.4 is 4.90 Å². The minimum atomic E-state index is 0.236. The number of hydrogen-bond acceptors (Lipinski definition) is 1. The van der Waals surface area contributed by atoms with Crippen LogP contribution in [0.2, 0.25) is 0 Å². The van der Waals surface area contributed by atoms with E-state index in [1.54, 1.807) is 0 Å². The molecule has 2 aromatic carbocycles. The van der Waals surface area contributed by atoms with Gasteiger partial charge in [-0.3, -0.25) is 4.79 Å². The topological polar surface area (TPSA) is 20.3 Å². The summed E-state index contributed by atoms with van der Waals surface area (Å²) in [5.41, 5.74) is 3.41. The third-order valence-electron chi connectivity index (χ3n) is 3.68. The lowest BCUT2D eigenvalue weighted by atomic mass is 10.1. The number of carbonyl (C=O) groups excluding carboxylic acids is 1. The molecule has 3 rings (SSSR count). The van der Waals surface area contributed by atoms with Gasteiger partial charge in [0.2, 0.25) is 5.91 Å². The van der Waals surface area contributed by atoms with E-state index in [0.29, 0.717) is 6.54 Å². The quantitative estimate of drug-likeness (QED) is 0.820. The monoisotopic (exact) mass is 265 g/mol. The Labute approximate surface area is 120 Å². The van der Waals surface area contributed by atoms with Gasteiger partial charge in [0.15, 0.2) is 0 Å². The molecule has 0 bridgehead atoms. The molecule has 1 fully saturated rings. The van der Waals surface area contributed by atoms with Crippen molar-refractivity contribution in [3.8, 4) is 0 Å². The average Bonchev–Trinajstić information content (AvgIpc) is 3.30. The van der Waals surface area contributed by atoms with E-state index in [0.717, 1.165) is 18.5 Å². The number of carbonyl (C=O) groups is 1. The van der Waals surface area contributed by atoms with Crippen LogP contribution in [0.25, 0.3) is 0 Å². The highest BCUT2D eigenvalue weighted by molar-refractivity contribution is 5.96. The molecule has 0 aliphatic heterocycles. The third kappa shape index (κ3) is 2.90. The molecular formula is C18H19NO. The van der Waals surface area contributed by atoms with E-state index in [9.17, 15) is 4.79 Å². The van der Waals surface area contributed by atoms with Gasteiger partial charge in [0.05, 0.1) is 6.54 Å². The van der Waals surface area contributed by atoms with Crippen molar-refractivity contribution in [1.82, 2.24) is 0 Å². The first-order valence-electron chi connectivity index (χ1n) is 7.16. The molecule has 0 radical (unpaired) electrons. The van der Waals surface area contributed by atoms with Crippen molar-refractivity contribution in [2.75, 3.05) is 4.90 Å². The zero-order valence-corrected chi connectivity index (χ0v) is 11.8. The first kappa shape index (κ1) is 12.9. The lowest BCUT2D eigenvalue weighted by molar-refractivity contribution is -0.119. The molecule has 1 aliphatic carbocycles. The summed E-state index contributed by atoms with van der Waals surface area (Å²) in [4.78, 5) is 14.4. The van der Waals surface area contributed by atoms with Gasteiger partial charge in [0.1, 0.15) is 0 Å². The van der Waals surface area contributed by atoms with Crippen LogP contribution in [0, 0.1) is 12.8 Å². The Morgan fingerprint density at radius 3 is 2.50 bits per heavy atom. The number of amides is 1. The van der Waals surface area contributed by atoms with Gasteiger partial charge >= 0.3 is 0 Å². The molecule has 1 saturated carbocycles. The highest BCUT2D eigenvalue weighted by Gasteiger charge is 2.34. The second kappa shape index (κ2) is 5.49. The largest absolute Gasteiger partial charge is 0.308 e. The number of para-hydroxylation sites is 1. The maximum atomic E-state index is 12.5. The van der Waals surface area contributed by atoms with Crippen LogP contribution in [0.4, 0.5) is 5.69 Å². The van der Waals surface area contributed by atoms with Crippen LogP contribution >= 0.6 is 0 Å². The van der Waals surface area contributed by atoms with Gasteiger partial charge in [0.25, 0.3) is 0 Å². The van der Waals surface area contributed by atoms with Crippen LogP contribution in [-0.4, -0.2) is 5.91 Å². The smallest absolute Gasteiger partial charge is 0.230 e. The molecule has 0 atom stereocenters. The summed E-state index contributed by atoms with van der Waals surface area (Å²) in [6.45, 7) is 2.74. The molecule has 0 saturated heterocycles. The SMILES string of the molecule is Cc1cccc(CN(C(=O)C2CC2)c2ccccc2)c1. The van der Waals surface area contributed by atoms with Crippen molar-refractivity contribution in [3.05, 3.63) is 65.7 Å². The fourth-order valence-electron chi connectivity index (χ4n) is 2.45. The van der Waals surface area contributed by atoms with Gasteiger partial charge < -0.3 is 4.90 Å². The maximum Gasteiger partial charge on any atom is 0.230 e. The van der Waals surface area contributed by atoms with Gasteiger partial charge in [-0.05, 0) is 37.5 Å². The van der Waals surface area contributed by atoms with Crippen molar-refractivity contribution in [3.63, 3.8) is 0 Å². The Balaban J connectivity index is 1.87. The Morgan fingerprint density at radius 1 is 1.10 bits per heavy atom. The highest BCUT2D eigenvalue weighted by Crippen LogP contribution is 2.33. The minimum Gasteiger partial charge on any atom is -0.308 e. The molecule has 0 unspecified atom stereocenters. The van der Waals surface area contributed by atoms with Gasteiger partial charge in [0, 0.05) is 11.6 Å². The molecule has 2 heteroatoms. The molecule has 102 valence electrons. The maximum absolute atomic E-state index is 12.5. The van der Waals surface area contributed by atoms with E-state index in [-0.39, 0.29) is 11.8 Å². The molecule has 0 N–H and O–H groups in total. The number of nitrogens with zero attached hydrogens (tertiary/aromatic N) is 1. The highest BCUT2D eigenvalue weighted by atomic mass is 16.2. The second-order valence-electron chi connectivity index (χ2n) is 5.52. The Bertz CT molecular complexity index is 602. The number of benzene rings is 2. The molecule has 0 heterocycles. The molecule has 0 aromatic heterocycles. The first-order valence-corrected chi connectivity index (χ1v) is 7.16. The van der Waals surface area contributed by atoms with Crippen LogP contribution in [0.1, 0.15) is 24.0 Å². The zero-order valence-electron chi connectivity index (χ0n) is 11.8. The summed E-state index contributed by atoms with van der Waals surface area (Å²) in [6, 6.07) is 18.3. The van der Waals surface area contributed by atoms with Crippen molar-refractivity contribution in [2.24, 2.45) is 5.92 Å². The van der Waals surface area contributed by atoms with Crippen LogP contribution in [-0.2, 0) is 11.3 Å². The van der Waals surface area contributed by atoms with E-state index in [2.05, 4.69) is 31.2 Å². The van der Waals surface area contributed by atoms with Gasteiger partial charge in [-0.15, -0.1) is 0 Å². The lowest BCUT2D eigenvalue weighted by Gasteiger charge is -2.23. The second-order valence-corrected chi connectivity index (χ2v) is 5.52. The average molecular weight is 265 g/mol.